The van der Waals surface area contributed by atoms with Crippen LogP contribution < -0.4 is 15.4 Å². The van der Waals surface area contributed by atoms with Gasteiger partial charge in [-0.05, 0) is 26.8 Å². The number of nitrogens with zero attached hydrogens (tertiary/aromatic N) is 3. The number of anilines is 1. The van der Waals surface area contributed by atoms with Crippen LogP contribution in [0, 0.1) is 0 Å². The zero-order valence-corrected chi connectivity index (χ0v) is 11.2. The summed E-state index contributed by atoms with van der Waals surface area (Å²) in [4.78, 5) is 10.3. The van der Waals surface area contributed by atoms with Crippen LogP contribution in [0.1, 0.15) is 20.3 Å². The van der Waals surface area contributed by atoms with E-state index in [1.165, 1.54) is 7.11 Å². The number of hydrogen-bond donors (Lipinski definition) is 1. The maximum atomic E-state index is 6.12. The molecule has 0 aromatic carbocycles. The second kappa shape index (κ2) is 6.61. The molecule has 1 aromatic rings. The maximum Gasteiger partial charge on any atom is 0.318 e. The van der Waals surface area contributed by atoms with Crippen molar-refractivity contribution < 1.29 is 4.74 Å². The minimum Gasteiger partial charge on any atom is -0.467 e. The molecule has 0 aliphatic carbocycles. The van der Waals surface area contributed by atoms with Crippen molar-refractivity contribution in [1.82, 2.24) is 9.97 Å². The average Bonchev–Trinajstić information content (AvgIpc) is 2.31. The quantitative estimate of drug-likeness (QED) is 0.841. The van der Waals surface area contributed by atoms with Crippen molar-refractivity contribution >= 4 is 17.4 Å². The summed E-state index contributed by atoms with van der Waals surface area (Å²) in [6.45, 7) is 5.62. The minimum absolute atomic E-state index is 0.290. The number of methoxy groups -OCH3 is 1. The van der Waals surface area contributed by atoms with Gasteiger partial charge in [-0.1, -0.05) is 11.6 Å². The van der Waals surface area contributed by atoms with E-state index in [4.69, 9.17) is 22.1 Å². The lowest BCUT2D eigenvalue weighted by Crippen LogP contribution is -2.33. The highest BCUT2D eigenvalue weighted by Crippen LogP contribution is 2.26. The molecule has 1 aromatic heterocycles. The van der Waals surface area contributed by atoms with E-state index in [1.54, 1.807) is 6.20 Å². The number of hydrogen-bond acceptors (Lipinski definition) is 5. The summed E-state index contributed by atoms with van der Waals surface area (Å²) in [6.07, 6.45) is 2.45. The molecule has 0 spiro atoms. The predicted molar refractivity (Wildman–Crippen MR) is 69.7 cm³/mol. The van der Waals surface area contributed by atoms with Crippen molar-refractivity contribution in [3.63, 3.8) is 0 Å². The number of aromatic nitrogens is 2. The summed E-state index contributed by atoms with van der Waals surface area (Å²) in [5.74, 6) is 0.696. The maximum absolute atomic E-state index is 6.12. The Morgan fingerprint density at radius 2 is 2.24 bits per heavy atom. The third kappa shape index (κ3) is 3.71. The highest BCUT2D eigenvalue weighted by Gasteiger charge is 2.16. The number of halogens is 1. The first-order chi connectivity index (χ1) is 8.10. The van der Waals surface area contributed by atoms with E-state index in [0.29, 0.717) is 29.4 Å². The molecule has 1 rings (SSSR count). The van der Waals surface area contributed by atoms with E-state index in [2.05, 4.69) is 28.7 Å². The molecule has 0 aliphatic heterocycles. The SMILES string of the molecule is COc1ncc(Cl)c(N(CCCN)C(C)C)n1. The lowest BCUT2D eigenvalue weighted by atomic mass is 10.3. The standard InChI is InChI=1S/C11H19ClN4O/c1-8(2)16(6-4-5-13)10-9(12)7-14-11(15-10)17-3/h7-8H,4-6,13H2,1-3H3. The molecule has 5 nitrogen and oxygen atoms in total. The molecule has 0 radical (unpaired) electrons. The summed E-state index contributed by atoms with van der Waals surface area (Å²) < 4.78 is 5.01. The lowest BCUT2D eigenvalue weighted by Gasteiger charge is -2.28. The number of nitrogens with two attached hydrogens (primary N) is 1. The highest BCUT2D eigenvalue weighted by atomic mass is 35.5. The Labute approximate surface area is 107 Å². The van der Waals surface area contributed by atoms with Gasteiger partial charge >= 0.3 is 6.01 Å². The molecule has 0 fully saturated rings. The normalized spacial score (nSPS) is 10.7. The highest BCUT2D eigenvalue weighted by molar-refractivity contribution is 6.32. The summed E-state index contributed by atoms with van der Waals surface area (Å²) in [6, 6.07) is 0.612. The molecular formula is C11H19ClN4O. The fourth-order valence-corrected chi connectivity index (χ4v) is 1.71. The Morgan fingerprint density at radius 3 is 2.76 bits per heavy atom. The summed E-state index contributed by atoms with van der Waals surface area (Å²) in [7, 11) is 1.53. The molecule has 17 heavy (non-hydrogen) atoms. The lowest BCUT2D eigenvalue weighted by molar-refractivity contribution is 0.379. The molecule has 6 heteroatoms. The van der Waals surface area contributed by atoms with Gasteiger partial charge < -0.3 is 15.4 Å². The fraction of sp³-hybridized carbons (Fsp3) is 0.636. The van der Waals surface area contributed by atoms with Crippen molar-refractivity contribution in [2.24, 2.45) is 5.73 Å². The molecule has 0 atom stereocenters. The second-order valence-electron chi connectivity index (χ2n) is 3.96. The molecule has 0 unspecified atom stereocenters. The van der Waals surface area contributed by atoms with Crippen LogP contribution >= 0.6 is 11.6 Å². The Balaban J connectivity index is 2.99. The van der Waals surface area contributed by atoms with Crippen LogP contribution in [0.2, 0.25) is 5.02 Å². The average molecular weight is 259 g/mol. The van der Waals surface area contributed by atoms with E-state index in [1.807, 2.05) is 0 Å². The van der Waals surface area contributed by atoms with E-state index in [9.17, 15) is 0 Å². The Bertz CT molecular complexity index is 359. The Morgan fingerprint density at radius 1 is 1.53 bits per heavy atom. The summed E-state index contributed by atoms with van der Waals surface area (Å²) in [5.41, 5.74) is 5.53. The first-order valence-electron chi connectivity index (χ1n) is 5.63. The van der Waals surface area contributed by atoms with Crippen molar-refractivity contribution in [2.75, 3.05) is 25.1 Å². The molecule has 0 amide bonds. The van der Waals surface area contributed by atoms with Crippen molar-refractivity contribution in [1.29, 1.82) is 0 Å². The van der Waals surface area contributed by atoms with Crippen LogP contribution in [0.5, 0.6) is 6.01 Å². The summed E-state index contributed by atoms with van der Waals surface area (Å²) in [5, 5.41) is 0.525. The topological polar surface area (TPSA) is 64.3 Å². The van der Waals surface area contributed by atoms with Crippen LogP contribution in [0.15, 0.2) is 6.20 Å². The molecule has 0 saturated heterocycles. The van der Waals surface area contributed by atoms with Gasteiger partial charge in [0.05, 0.1) is 13.3 Å². The molecule has 0 bridgehead atoms. The van der Waals surface area contributed by atoms with Crippen molar-refractivity contribution in [3.8, 4) is 6.01 Å². The van der Waals surface area contributed by atoms with Crippen LogP contribution in [0.25, 0.3) is 0 Å². The van der Waals surface area contributed by atoms with Crippen LogP contribution in [-0.2, 0) is 0 Å². The minimum atomic E-state index is 0.290. The Hall–Kier alpha value is -1.07. The van der Waals surface area contributed by atoms with Gasteiger partial charge in [0.15, 0.2) is 5.82 Å². The van der Waals surface area contributed by atoms with E-state index >= 15 is 0 Å². The third-order valence-corrected chi connectivity index (χ3v) is 2.65. The molecule has 96 valence electrons. The molecule has 0 aliphatic rings. The van der Waals surface area contributed by atoms with Gasteiger partial charge in [0.2, 0.25) is 0 Å². The van der Waals surface area contributed by atoms with E-state index < -0.39 is 0 Å². The fourth-order valence-electron chi connectivity index (χ4n) is 1.51. The molecule has 1 heterocycles. The van der Waals surface area contributed by atoms with Gasteiger partial charge in [-0.25, -0.2) is 4.98 Å². The zero-order valence-electron chi connectivity index (χ0n) is 10.5. The first kappa shape index (κ1) is 14.0. The van der Waals surface area contributed by atoms with E-state index in [0.717, 1.165) is 13.0 Å². The van der Waals surface area contributed by atoms with E-state index in [-0.39, 0.29) is 0 Å². The monoisotopic (exact) mass is 258 g/mol. The van der Waals surface area contributed by atoms with Gasteiger partial charge in [0, 0.05) is 12.6 Å². The van der Waals surface area contributed by atoms with Crippen molar-refractivity contribution in [2.45, 2.75) is 26.3 Å². The molecule has 2 N–H and O–H groups in total. The van der Waals surface area contributed by atoms with Crippen LogP contribution in [0.4, 0.5) is 5.82 Å². The predicted octanol–water partition coefficient (Wildman–Crippen LogP) is 1.70. The summed E-state index contributed by atoms with van der Waals surface area (Å²) >= 11 is 6.12. The number of rotatable bonds is 6. The largest absolute Gasteiger partial charge is 0.467 e. The third-order valence-electron chi connectivity index (χ3n) is 2.38. The van der Waals surface area contributed by atoms with Gasteiger partial charge in [-0.15, -0.1) is 0 Å². The van der Waals surface area contributed by atoms with Gasteiger partial charge in [-0.3, -0.25) is 0 Å². The second-order valence-corrected chi connectivity index (χ2v) is 4.36. The van der Waals surface area contributed by atoms with Crippen LogP contribution in [0.3, 0.4) is 0 Å². The smallest absolute Gasteiger partial charge is 0.318 e. The van der Waals surface area contributed by atoms with Gasteiger partial charge in [0.1, 0.15) is 5.02 Å². The molecular weight excluding hydrogens is 240 g/mol. The zero-order chi connectivity index (χ0) is 12.8. The van der Waals surface area contributed by atoms with Gasteiger partial charge in [0.25, 0.3) is 0 Å². The van der Waals surface area contributed by atoms with Crippen molar-refractivity contribution in [3.05, 3.63) is 11.2 Å². The number of ether oxygens (including phenoxy) is 1. The molecule has 0 saturated carbocycles. The first-order valence-corrected chi connectivity index (χ1v) is 6.01. The Kier molecular flexibility index (Phi) is 5.44. The van der Waals surface area contributed by atoms with Crippen LogP contribution in [-0.4, -0.2) is 36.2 Å². The van der Waals surface area contributed by atoms with Gasteiger partial charge in [-0.2, -0.15) is 4.98 Å².